The topological polar surface area (TPSA) is 116 Å². The largest absolute Gasteiger partial charge is 0.497 e. The van der Waals surface area contributed by atoms with Crippen molar-refractivity contribution in [3.05, 3.63) is 53.9 Å². The zero-order valence-electron chi connectivity index (χ0n) is 14.9. The van der Waals surface area contributed by atoms with Crippen molar-refractivity contribution in [2.24, 2.45) is 0 Å². The van der Waals surface area contributed by atoms with E-state index in [0.717, 1.165) is 17.7 Å². The molecule has 0 radical (unpaired) electrons. The van der Waals surface area contributed by atoms with Crippen molar-refractivity contribution in [2.75, 3.05) is 19.4 Å². The summed E-state index contributed by atoms with van der Waals surface area (Å²) < 4.78 is 37.0. The molecule has 1 aromatic carbocycles. The number of nitrogens with zero attached hydrogens (tertiary/aromatic N) is 3. The normalized spacial score (nSPS) is 15.5. The van der Waals surface area contributed by atoms with Gasteiger partial charge in [-0.3, -0.25) is 9.78 Å². The van der Waals surface area contributed by atoms with Crippen molar-refractivity contribution in [3.63, 3.8) is 0 Å². The first-order valence-corrected chi connectivity index (χ1v) is 8.27. The Morgan fingerprint density at radius 3 is 2.54 bits per heavy atom. The summed E-state index contributed by atoms with van der Waals surface area (Å²) in [5.41, 5.74) is 5.98. The molecular weight excluding hydrogens is 372 g/mol. The molecule has 28 heavy (non-hydrogen) atoms. The predicted octanol–water partition coefficient (Wildman–Crippen LogP) is 2.29. The quantitative estimate of drug-likeness (QED) is 0.706. The van der Waals surface area contributed by atoms with E-state index in [1.54, 1.807) is 18.5 Å². The Bertz CT molecular complexity index is 942. The van der Waals surface area contributed by atoms with Crippen LogP contribution in [0.2, 0.25) is 0 Å². The number of ether oxygens (including phenoxy) is 1. The van der Waals surface area contributed by atoms with Crippen LogP contribution in [0.1, 0.15) is 17.9 Å². The Morgan fingerprint density at radius 2 is 2.04 bits per heavy atom. The van der Waals surface area contributed by atoms with Gasteiger partial charge in [0.1, 0.15) is 17.4 Å². The van der Waals surface area contributed by atoms with Crippen LogP contribution in [0.5, 0.6) is 5.75 Å². The van der Waals surface area contributed by atoms with Gasteiger partial charge in [0.05, 0.1) is 12.7 Å². The number of nitrogens with one attached hydrogen (secondary N) is 1. The van der Waals surface area contributed by atoms with Crippen molar-refractivity contribution < 1.29 is 22.7 Å². The van der Waals surface area contributed by atoms with Crippen LogP contribution in [-0.2, 0) is 4.79 Å². The summed E-state index contributed by atoms with van der Waals surface area (Å²) in [4.78, 5) is 14.9. The number of methoxy groups -OCH3 is 1. The van der Waals surface area contributed by atoms with Crippen molar-refractivity contribution in [1.29, 1.82) is 0 Å². The molecule has 146 valence electrons. The molecule has 1 aliphatic rings. The number of hydrogen-bond acceptors (Lipinski definition) is 7. The van der Waals surface area contributed by atoms with E-state index in [-0.39, 0.29) is 36.2 Å². The summed E-state index contributed by atoms with van der Waals surface area (Å²) >= 11 is 0. The molecule has 0 aliphatic carbocycles. The highest BCUT2D eigenvalue weighted by Crippen LogP contribution is 2.30. The van der Waals surface area contributed by atoms with Gasteiger partial charge in [-0.1, -0.05) is 5.10 Å². The maximum absolute atomic E-state index is 13.6. The first kappa shape index (κ1) is 19.2. The first-order valence-electron chi connectivity index (χ1n) is 8.27. The van der Waals surface area contributed by atoms with Gasteiger partial charge in [0.15, 0.2) is 0 Å². The van der Waals surface area contributed by atoms with E-state index in [0.29, 0.717) is 5.89 Å². The van der Waals surface area contributed by atoms with E-state index in [1.807, 2.05) is 6.07 Å². The number of carbonyl (C=O) groups excluding carboxylic acids is 1. The van der Waals surface area contributed by atoms with Gasteiger partial charge in [0.25, 0.3) is 5.89 Å². The Morgan fingerprint density at radius 1 is 1.29 bits per heavy atom. The first-order chi connectivity index (χ1) is 13.5. The number of nitrogens with two attached hydrogens (primary N) is 1. The molecule has 1 amide bonds. The summed E-state index contributed by atoms with van der Waals surface area (Å²) in [6, 6.07) is 5.92. The summed E-state index contributed by atoms with van der Waals surface area (Å²) in [5.74, 6) is -1.42. The summed E-state index contributed by atoms with van der Waals surface area (Å²) in [5, 5.41) is 9.78. The Balaban J connectivity index is 0.000000167. The number of carbonyl (C=O) groups is 1. The van der Waals surface area contributed by atoms with Gasteiger partial charge in [-0.05, 0) is 12.1 Å². The molecule has 10 heteroatoms. The minimum Gasteiger partial charge on any atom is -0.497 e. The number of amides is 1. The number of aromatic nitrogens is 3. The highest BCUT2D eigenvalue weighted by molar-refractivity contribution is 5.79. The van der Waals surface area contributed by atoms with E-state index in [2.05, 4.69) is 20.5 Å². The summed E-state index contributed by atoms with van der Waals surface area (Å²) in [6.07, 6.45) is 3.43. The number of nitrogen functional groups attached to an aromatic ring is 1. The van der Waals surface area contributed by atoms with Gasteiger partial charge in [0, 0.05) is 49.0 Å². The lowest BCUT2D eigenvalue weighted by Crippen LogP contribution is -2.14. The molecule has 0 spiro atoms. The van der Waals surface area contributed by atoms with Crippen LogP contribution in [-0.4, -0.2) is 34.7 Å². The lowest BCUT2D eigenvalue weighted by Gasteiger charge is -2.11. The molecule has 3 aromatic rings. The van der Waals surface area contributed by atoms with Crippen molar-refractivity contribution in [3.8, 4) is 17.2 Å². The number of halogens is 2. The highest BCUT2D eigenvalue weighted by Gasteiger charge is 2.28. The lowest BCUT2D eigenvalue weighted by atomic mass is 9.97. The third-order valence-electron chi connectivity index (χ3n) is 4.02. The fraction of sp³-hybridized carbons (Fsp3) is 0.222. The minimum atomic E-state index is -0.668. The number of anilines is 1. The Kier molecular flexibility index (Phi) is 5.78. The summed E-state index contributed by atoms with van der Waals surface area (Å²) in [7, 11) is 1.34. The standard InChI is InChI=1S/C11H11F2NO2.C7H6N4O/c1-16-7-3-8(12)11(9(13)4-7)6-2-10(15)14-5-6;8-7-11-10-6(12-7)5-2-1-3-9-4-5/h3-4,6H,2,5H2,1H3,(H,14,15);1-4H,(H2,8,11). The number of benzene rings is 1. The average Bonchev–Trinajstić information content (AvgIpc) is 3.31. The third kappa shape index (κ3) is 4.40. The van der Waals surface area contributed by atoms with Crippen LogP contribution in [0.4, 0.5) is 14.8 Å². The van der Waals surface area contributed by atoms with E-state index in [1.165, 1.54) is 7.11 Å². The van der Waals surface area contributed by atoms with E-state index >= 15 is 0 Å². The summed E-state index contributed by atoms with van der Waals surface area (Å²) in [6.45, 7) is 0.277. The zero-order valence-corrected chi connectivity index (χ0v) is 14.9. The Labute approximate surface area is 158 Å². The smallest absolute Gasteiger partial charge is 0.313 e. The van der Waals surface area contributed by atoms with Crippen LogP contribution in [0.3, 0.4) is 0 Å². The predicted molar refractivity (Wildman–Crippen MR) is 95.2 cm³/mol. The molecule has 1 atom stereocenters. The van der Waals surface area contributed by atoms with E-state index in [9.17, 15) is 13.6 Å². The van der Waals surface area contributed by atoms with Gasteiger partial charge in [0.2, 0.25) is 5.91 Å². The molecular formula is C18H17F2N5O3. The average molecular weight is 389 g/mol. The SMILES string of the molecule is COc1cc(F)c(C2CNC(=O)C2)c(F)c1.Nc1nnc(-c2cccnc2)o1. The maximum atomic E-state index is 13.6. The molecule has 3 N–H and O–H groups in total. The van der Waals surface area contributed by atoms with Crippen molar-refractivity contribution >= 4 is 11.9 Å². The molecule has 1 fully saturated rings. The monoisotopic (exact) mass is 389 g/mol. The van der Waals surface area contributed by atoms with Crippen LogP contribution < -0.4 is 15.8 Å². The second kappa shape index (κ2) is 8.42. The number of hydrogen-bond donors (Lipinski definition) is 2. The molecule has 2 aromatic heterocycles. The van der Waals surface area contributed by atoms with Gasteiger partial charge in [-0.2, -0.15) is 0 Å². The number of pyridine rings is 1. The van der Waals surface area contributed by atoms with Crippen LogP contribution in [0.25, 0.3) is 11.5 Å². The van der Waals surface area contributed by atoms with E-state index < -0.39 is 17.6 Å². The van der Waals surface area contributed by atoms with Gasteiger partial charge in [-0.25, -0.2) is 8.78 Å². The third-order valence-corrected chi connectivity index (χ3v) is 4.02. The molecule has 1 unspecified atom stereocenters. The van der Waals surface area contributed by atoms with Crippen LogP contribution in [0.15, 0.2) is 41.1 Å². The van der Waals surface area contributed by atoms with Crippen molar-refractivity contribution in [1.82, 2.24) is 20.5 Å². The molecule has 4 rings (SSSR count). The van der Waals surface area contributed by atoms with Gasteiger partial charge >= 0.3 is 6.01 Å². The van der Waals surface area contributed by atoms with Gasteiger partial charge < -0.3 is 20.2 Å². The lowest BCUT2D eigenvalue weighted by molar-refractivity contribution is -0.119. The molecule has 1 aliphatic heterocycles. The maximum Gasteiger partial charge on any atom is 0.313 e. The van der Waals surface area contributed by atoms with Crippen molar-refractivity contribution in [2.45, 2.75) is 12.3 Å². The van der Waals surface area contributed by atoms with E-state index in [4.69, 9.17) is 14.9 Å². The molecule has 0 saturated carbocycles. The fourth-order valence-corrected chi connectivity index (χ4v) is 2.72. The van der Waals surface area contributed by atoms with Crippen LogP contribution in [0, 0.1) is 11.6 Å². The second-order valence-electron chi connectivity index (χ2n) is 5.90. The zero-order chi connectivity index (χ0) is 20.1. The Hall–Kier alpha value is -3.56. The minimum absolute atomic E-state index is 0.0425. The highest BCUT2D eigenvalue weighted by atomic mass is 19.1. The molecule has 0 bridgehead atoms. The molecule has 3 heterocycles. The molecule has 8 nitrogen and oxygen atoms in total. The van der Waals surface area contributed by atoms with Crippen LogP contribution >= 0.6 is 0 Å². The molecule has 1 saturated heterocycles. The fourth-order valence-electron chi connectivity index (χ4n) is 2.72. The number of rotatable bonds is 3. The second-order valence-corrected chi connectivity index (χ2v) is 5.90. The van der Waals surface area contributed by atoms with Gasteiger partial charge in [-0.15, -0.1) is 5.10 Å².